The molecule has 0 amide bonds. The van der Waals surface area contributed by atoms with Crippen molar-refractivity contribution >= 4 is 5.97 Å². The molecular formula is C7H13NaO3. The van der Waals surface area contributed by atoms with Crippen molar-refractivity contribution < 1.29 is 44.6 Å². The van der Waals surface area contributed by atoms with E-state index in [9.17, 15) is 9.90 Å². The molecule has 3 nitrogen and oxygen atoms in total. The summed E-state index contributed by atoms with van der Waals surface area (Å²) in [4.78, 5) is 10.0. The largest absolute Gasteiger partial charge is 1.00 e. The minimum atomic E-state index is -1.08. The van der Waals surface area contributed by atoms with Gasteiger partial charge >= 0.3 is 29.6 Å². The molecule has 0 aliphatic rings. The fraction of sp³-hybridized carbons (Fsp3) is 0.857. The van der Waals surface area contributed by atoms with Gasteiger partial charge in [-0.15, -0.1) is 0 Å². The Morgan fingerprint density at radius 1 is 1.64 bits per heavy atom. The summed E-state index contributed by atoms with van der Waals surface area (Å²) in [5.41, 5.74) is 0. The predicted molar refractivity (Wildman–Crippen MR) is 35.1 cm³/mol. The first-order valence-electron chi connectivity index (χ1n) is 3.51. The molecule has 60 valence electrons. The number of hydrogen-bond donors (Lipinski definition) is 1. The summed E-state index contributed by atoms with van der Waals surface area (Å²) >= 11 is 0. The maximum Gasteiger partial charge on any atom is 1.00 e. The van der Waals surface area contributed by atoms with Crippen molar-refractivity contribution in [2.24, 2.45) is 5.92 Å². The smallest absolute Gasteiger partial charge is 0.550 e. The van der Waals surface area contributed by atoms with Gasteiger partial charge in [-0.25, -0.2) is 0 Å². The van der Waals surface area contributed by atoms with Crippen LogP contribution in [0, 0.1) is 5.92 Å². The summed E-state index contributed by atoms with van der Waals surface area (Å²) in [5.74, 6) is -1.19. The van der Waals surface area contributed by atoms with E-state index in [0.29, 0.717) is 0 Å². The SMILES string of the molecule is CCCC(CO)CC(=O)[O-].[Na+]. The average molecular weight is 168 g/mol. The van der Waals surface area contributed by atoms with Crippen LogP contribution < -0.4 is 34.7 Å². The standard InChI is InChI=1S/C7H14O3.Na/c1-2-3-6(5-8)4-7(9)10;/h6,8H,2-5H2,1H3,(H,9,10);/q;+1/p-1. The Morgan fingerprint density at radius 2 is 2.18 bits per heavy atom. The van der Waals surface area contributed by atoms with Crippen molar-refractivity contribution in [3.8, 4) is 0 Å². The van der Waals surface area contributed by atoms with E-state index in [1.54, 1.807) is 0 Å². The maximum atomic E-state index is 10.0. The fourth-order valence-electron chi connectivity index (χ4n) is 0.902. The zero-order valence-electron chi connectivity index (χ0n) is 7.17. The van der Waals surface area contributed by atoms with Crippen molar-refractivity contribution in [3.63, 3.8) is 0 Å². The number of carboxylic acid groups (broad SMARTS) is 1. The number of carboxylic acids is 1. The molecule has 0 fully saturated rings. The third-order valence-electron chi connectivity index (χ3n) is 1.41. The van der Waals surface area contributed by atoms with Crippen LogP contribution in [0.3, 0.4) is 0 Å². The first-order valence-corrected chi connectivity index (χ1v) is 3.51. The molecule has 0 aromatic heterocycles. The second-order valence-electron chi connectivity index (χ2n) is 2.41. The number of aliphatic hydroxyl groups excluding tert-OH is 1. The minimum Gasteiger partial charge on any atom is -0.550 e. The molecule has 1 unspecified atom stereocenters. The van der Waals surface area contributed by atoms with Crippen LogP contribution in [0.15, 0.2) is 0 Å². The molecule has 0 saturated heterocycles. The monoisotopic (exact) mass is 168 g/mol. The van der Waals surface area contributed by atoms with E-state index < -0.39 is 5.97 Å². The second-order valence-corrected chi connectivity index (χ2v) is 2.41. The molecule has 4 heteroatoms. The summed E-state index contributed by atoms with van der Waals surface area (Å²) in [6.45, 7) is 1.90. The molecule has 0 rings (SSSR count). The van der Waals surface area contributed by atoms with Crippen LogP contribution in [-0.4, -0.2) is 17.7 Å². The van der Waals surface area contributed by atoms with Gasteiger partial charge in [0, 0.05) is 12.6 Å². The number of rotatable bonds is 5. The molecule has 0 aliphatic heterocycles. The summed E-state index contributed by atoms with van der Waals surface area (Å²) in [6, 6.07) is 0. The van der Waals surface area contributed by atoms with Gasteiger partial charge in [-0.05, 0) is 18.8 Å². The Hall–Kier alpha value is 0.430. The maximum absolute atomic E-state index is 10.0. The Morgan fingerprint density at radius 3 is 2.45 bits per heavy atom. The van der Waals surface area contributed by atoms with E-state index in [1.807, 2.05) is 6.92 Å². The Balaban J connectivity index is 0. The quantitative estimate of drug-likeness (QED) is 0.434. The minimum absolute atomic E-state index is 0. The van der Waals surface area contributed by atoms with E-state index in [4.69, 9.17) is 5.11 Å². The van der Waals surface area contributed by atoms with Crippen LogP contribution in [0.5, 0.6) is 0 Å². The first kappa shape index (κ1) is 14.0. The molecule has 0 heterocycles. The van der Waals surface area contributed by atoms with Crippen LogP contribution in [0.2, 0.25) is 0 Å². The number of carbonyl (C=O) groups excluding carboxylic acids is 1. The van der Waals surface area contributed by atoms with Gasteiger partial charge in [0.15, 0.2) is 0 Å². The summed E-state index contributed by atoms with van der Waals surface area (Å²) < 4.78 is 0. The summed E-state index contributed by atoms with van der Waals surface area (Å²) in [5, 5.41) is 18.6. The van der Waals surface area contributed by atoms with Crippen molar-refractivity contribution in [2.45, 2.75) is 26.2 Å². The third-order valence-corrected chi connectivity index (χ3v) is 1.41. The number of hydrogen-bond acceptors (Lipinski definition) is 3. The molecule has 0 aromatic rings. The Kier molecular flexibility index (Phi) is 10.8. The van der Waals surface area contributed by atoms with Gasteiger partial charge in [-0.2, -0.15) is 0 Å². The van der Waals surface area contributed by atoms with Crippen molar-refractivity contribution in [2.75, 3.05) is 6.61 Å². The molecule has 11 heavy (non-hydrogen) atoms. The normalized spacial score (nSPS) is 11.8. The second kappa shape index (κ2) is 8.53. The van der Waals surface area contributed by atoms with Gasteiger partial charge in [-0.1, -0.05) is 13.3 Å². The Bertz CT molecular complexity index is 106. The van der Waals surface area contributed by atoms with Crippen LogP contribution in [0.4, 0.5) is 0 Å². The van der Waals surface area contributed by atoms with E-state index in [0.717, 1.165) is 12.8 Å². The topological polar surface area (TPSA) is 60.4 Å². The number of aliphatic hydroxyl groups is 1. The zero-order valence-corrected chi connectivity index (χ0v) is 9.17. The average Bonchev–Trinajstić information content (AvgIpc) is 1.86. The zero-order chi connectivity index (χ0) is 7.98. The molecule has 0 aliphatic carbocycles. The fourth-order valence-corrected chi connectivity index (χ4v) is 0.902. The van der Waals surface area contributed by atoms with Crippen LogP contribution >= 0.6 is 0 Å². The van der Waals surface area contributed by atoms with Gasteiger partial charge in [-0.3, -0.25) is 0 Å². The van der Waals surface area contributed by atoms with Crippen molar-refractivity contribution in [1.29, 1.82) is 0 Å². The number of aliphatic carboxylic acids is 1. The molecule has 0 saturated carbocycles. The van der Waals surface area contributed by atoms with Crippen LogP contribution in [0.25, 0.3) is 0 Å². The molecule has 1 N–H and O–H groups in total. The van der Waals surface area contributed by atoms with Crippen LogP contribution in [-0.2, 0) is 4.79 Å². The van der Waals surface area contributed by atoms with Crippen LogP contribution in [0.1, 0.15) is 26.2 Å². The molecule has 0 bridgehead atoms. The van der Waals surface area contributed by atoms with E-state index >= 15 is 0 Å². The molecule has 0 aromatic carbocycles. The van der Waals surface area contributed by atoms with Gasteiger partial charge < -0.3 is 15.0 Å². The molecule has 0 spiro atoms. The molecular weight excluding hydrogens is 155 g/mol. The van der Waals surface area contributed by atoms with Gasteiger partial charge in [0.1, 0.15) is 0 Å². The van der Waals surface area contributed by atoms with E-state index in [-0.39, 0.29) is 48.5 Å². The van der Waals surface area contributed by atoms with Crippen molar-refractivity contribution in [1.82, 2.24) is 0 Å². The van der Waals surface area contributed by atoms with E-state index in [2.05, 4.69) is 0 Å². The molecule has 0 radical (unpaired) electrons. The Labute approximate surface area is 89.1 Å². The van der Waals surface area contributed by atoms with Crippen molar-refractivity contribution in [3.05, 3.63) is 0 Å². The molecule has 1 atom stereocenters. The summed E-state index contributed by atoms with van der Waals surface area (Å²) in [6.07, 6.45) is 1.63. The predicted octanol–water partition coefficient (Wildman–Crippen LogP) is -3.46. The van der Waals surface area contributed by atoms with E-state index in [1.165, 1.54) is 0 Å². The van der Waals surface area contributed by atoms with Gasteiger partial charge in [0.2, 0.25) is 0 Å². The summed E-state index contributed by atoms with van der Waals surface area (Å²) in [7, 11) is 0. The van der Waals surface area contributed by atoms with Gasteiger partial charge in [0.25, 0.3) is 0 Å². The third kappa shape index (κ3) is 8.34. The first-order chi connectivity index (χ1) is 4.70. The van der Waals surface area contributed by atoms with Gasteiger partial charge in [0.05, 0.1) is 0 Å². The number of carbonyl (C=O) groups is 1.